The second-order valence-corrected chi connectivity index (χ2v) is 7.05. The molecular weight excluding hydrogens is 270 g/mol. The first kappa shape index (κ1) is 15.7. The molecule has 0 amide bonds. The van der Waals surface area contributed by atoms with Gasteiger partial charge in [0.1, 0.15) is 5.75 Å². The maximum atomic E-state index is 9.06. The Morgan fingerprint density at radius 3 is 2.95 bits per heavy atom. The van der Waals surface area contributed by atoms with Gasteiger partial charge in [-0.25, -0.2) is 0 Å². The molecule has 2 N–H and O–H groups in total. The number of nitrogens with one attached hydrogen (secondary N) is 1. The third-order valence-electron chi connectivity index (χ3n) is 4.01. The lowest BCUT2D eigenvalue weighted by molar-refractivity contribution is 0.288. The van der Waals surface area contributed by atoms with Gasteiger partial charge in [0.2, 0.25) is 0 Å². The average molecular weight is 295 g/mol. The minimum Gasteiger partial charge on any atom is -0.497 e. The number of hydrogen-bond acceptors (Lipinski definition) is 4. The Bertz CT molecular complexity index is 438. The van der Waals surface area contributed by atoms with Crippen molar-refractivity contribution in [3.05, 3.63) is 29.3 Å². The van der Waals surface area contributed by atoms with Gasteiger partial charge in [0, 0.05) is 23.1 Å². The number of rotatable bonds is 6. The van der Waals surface area contributed by atoms with Crippen LogP contribution in [0.15, 0.2) is 18.2 Å². The van der Waals surface area contributed by atoms with E-state index in [4.69, 9.17) is 9.84 Å². The van der Waals surface area contributed by atoms with Crippen LogP contribution < -0.4 is 10.1 Å². The van der Waals surface area contributed by atoms with Crippen LogP contribution in [-0.2, 0) is 6.42 Å². The molecule has 1 aliphatic carbocycles. The van der Waals surface area contributed by atoms with Crippen LogP contribution in [-0.4, -0.2) is 36.4 Å². The molecular formula is C16H25NO2S. The number of hydrogen-bond donors (Lipinski definition) is 2. The molecule has 0 fully saturated rings. The van der Waals surface area contributed by atoms with Gasteiger partial charge in [-0.3, -0.25) is 0 Å². The van der Waals surface area contributed by atoms with Crippen LogP contribution in [0.4, 0.5) is 0 Å². The predicted molar refractivity (Wildman–Crippen MR) is 85.7 cm³/mol. The molecule has 1 aliphatic rings. The van der Waals surface area contributed by atoms with E-state index in [9.17, 15) is 0 Å². The zero-order valence-electron chi connectivity index (χ0n) is 12.6. The lowest BCUT2D eigenvalue weighted by Gasteiger charge is -2.34. The lowest BCUT2D eigenvalue weighted by Crippen LogP contribution is -2.33. The van der Waals surface area contributed by atoms with Gasteiger partial charge in [-0.15, -0.1) is 0 Å². The third kappa shape index (κ3) is 3.48. The molecule has 0 heterocycles. The topological polar surface area (TPSA) is 41.5 Å². The summed E-state index contributed by atoms with van der Waals surface area (Å²) in [7, 11) is 3.75. The van der Waals surface area contributed by atoms with E-state index in [1.165, 1.54) is 17.5 Å². The lowest BCUT2D eigenvalue weighted by atomic mass is 9.87. The van der Waals surface area contributed by atoms with Gasteiger partial charge in [0.25, 0.3) is 0 Å². The van der Waals surface area contributed by atoms with Gasteiger partial charge in [0.05, 0.1) is 7.11 Å². The molecule has 0 saturated heterocycles. The van der Waals surface area contributed by atoms with Crippen molar-refractivity contribution in [3.8, 4) is 5.75 Å². The zero-order chi connectivity index (χ0) is 14.5. The van der Waals surface area contributed by atoms with Crippen LogP contribution in [0.3, 0.4) is 0 Å². The zero-order valence-corrected chi connectivity index (χ0v) is 13.4. The highest BCUT2D eigenvalue weighted by Crippen LogP contribution is 2.40. The van der Waals surface area contributed by atoms with Gasteiger partial charge in [-0.05, 0) is 49.6 Å². The highest BCUT2D eigenvalue weighted by molar-refractivity contribution is 8.00. The molecule has 0 aliphatic heterocycles. The molecule has 0 radical (unpaired) electrons. The van der Waals surface area contributed by atoms with Crippen LogP contribution >= 0.6 is 11.8 Å². The Morgan fingerprint density at radius 1 is 1.50 bits per heavy atom. The van der Waals surface area contributed by atoms with Crippen molar-refractivity contribution in [1.82, 2.24) is 5.32 Å². The molecule has 112 valence electrons. The summed E-state index contributed by atoms with van der Waals surface area (Å²) in [5.41, 5.74) is 2.80. The average Bonchev–Trinajstić information content (AvgIpc) is 2.46. The summed E-state index contributed by atoms with van der Waals surface area (Å²) in [5.74, 6) is 0.943. The number of aliphatic hydroxyl groups is 1. The van der Waals surface area contributed by atoms with E-state index in [1.807, 2.05) is 24.9 Å². The van der Waals surface area contributed by atoms with Crippen molar-refractivity contribution >= 4 is 11.8 Å². The molecule has 0 spiro atoms. The Balaban J connectivity index is 2.15. The van der Waals surface area contributed by atoms with Gasteiger partial charge in [-0.1, -0.05) is 13.0 Å². The maximum absolute atomic E-state index is 9.06. The highest BCUT2D eigenvalue weighted by atomic mass is 32.2. The molecule has 0 aromatic heterocycles. The molecule has 4 heteroatoms. The number of aryl methyl sites for hydroxylation is 1. The number of benzene rings is 1. The molecule has 3 unspecified atom stereocenters. The standard InChI is InChI=1S/C16H25NO2S/c1-11(8-9-18)20-15-7-4-12-10-13(19-3)5-6-14(12)16(15)17-2/h5-6,10-11,15-18H,4,7-9H2,1-3H3. The maximum Gasteiger partial charge on any atom is 0.119 e. The molecule has 0 saturated carbocycles. The number of methoxy groups -OCH3 is 1. The highest BCUT2D eigenvalue weighted by Gasteiger charge is 2.30. The molecule has 1 aromatic rings. The molecule has 3 atom stereocenters. The van der Waals surface area contributed by atoms with Crippen LogP contribution in [0, 0.1) is 0 Å². The van der Waals surface area contributed by atoms with Crippen LogP contribution in [0.5, 0.6) is 5.75 Å². The van der Waals surface area contributed by atoms with E-state index >= 15 is 0 Å². The summed E-state index contributed by atoms with van der Waals surface area (Å²) in [4.78, 5) is 0. The molecule has 1 aromatic carbocycles. The predicted octanol–water partition coefficient (Wildman–Crippen LogP) is 2.77. The van der Waals surface area contributed by atoms with Gasteiger partial charge < -0.3 is 15.2 Å². The first-order valence-electron chi connectivity index (χ1n) is 7.30. The minimum atomic E-state index is 0.277. The minimum absolute atomic E-state index is 0.277. The summed E-state index contributed by atoms with van der Waals surface area (Å²) < 4.78 is 5.32. The second-order valence-electron chi connectivity index (χ2n) is 5.37. The number of thioether (sulfide) groups is 1. The fraction of sp³-hybridized carbons (Fsp3) is 0.625. The number of aliphatic hydroxyl groups excluding tert-OH is 1. The van der Waals surface area contributed by atoms with E-state index in [-0.39, 0.29) is 6.61 Å². The van der Waals surface area contributed by atoms with Crippen molar-refractivity contribution in [2.45, 2.75) is 42.7 Å². The number of ether oxygens (including phenoxy) is 1. The fourth-order valence-electron chi connectivity index (χ4n) is 2.93. The van der Waals surface area contributed by atoms with E-state index in [0.29, 0.717) is 16.5 Å². The molecule has 3 nitrogen and oxygen atoms in total. The van der Waals surface area contributed by atoms with E-state index in [1.54, 1.807) is 7.11 Å². The van der Waals surface area contributed by atoms with E-state index in [2.05, 4.69) is 24.4 Å². The SMILES string of the molecule is CNC1c2ccc(OC)cc2CCC1SC(C)CCO. The van der Waals surface area contributed by atoms with Gasteiger partial charge in [-0.2, -0.15) is 11.8 Å². The van der Waals surface area contributed by atoms with Crippen molar-refractivity contribution in [2.75, 3.05) is 20.8 Å². The molecule has 0 bridgehead atoms. The van der Waals surface area contributed by atoms with Crippen molar-refractivity contribution < 1.29 is 9.84 Å². The van der Waals surface area contributed by atoms with Crippen LogP contribution in [0.1, 0.15) is 36.9 Å². The largest absolute Gasteiger partial charge is 0.497 e. The van der Waals surface area contributed by atoms with Crippen molar-refractivity contribution in [2.24, 2.45) is 0 Å². The summed E-state index contributed by atoms with van der Waals surface area (Å²) in [6.07, 6.45) is 3.15. The monoisotopic (exact) mass is 295 g/mol. The first-order valence-corrected chi connectivity index (χ1v) is 8.24. The Kier molecular flexibility index (Phi) is 5.75. The van der Waals surface area contributed by atoms with E-state index in [0.717, 1.165) is 18.6 Å². The fourth-order valence-corrected chi connectivity index (χ4v) is 4.46. The third-order valence-corrected chi connectivity index (χ3v) is 5.57. The summed E-state index contributed by atoms with van der Waals surface area (Å²) in [6, 6.07) is 6.79. The summed E-state index contributed by atoms with van der Waals surface area (Å²) >= 11 is 2.00. The second kappa shape index (κ2) is 7.34. The van der Waals surface area contributed by atoms with Gasteiger partial charge in [0.15, 0.2) is 0 Å². The van der Waals surface area contributed by atoms with E-state index < -0.39 is 0 Å². The van der Waals surface area contributed by atoms with Crippen molar-refractivity contribution in [1.29, 1.82) is 0 Å². The smallest absolute Gasteiger partial charge is 0.119 e. The van der Waals surface area contributed by atoms with Gasteiger partial charge >= 0.3 is 0 Å². The molecule has 2 rings (SSSR count). The Hall–Kier alpha value is -0.710. The number of fused-ring (bicyclic) bond motifs is 1. The Morgan fingerprint density at radius 2 is 2.30 bits per heavy atom. The van der Waals surface area contributed by atoms with Crippen LogP contribution in [0.2, 0.25) is 0 Å². The quantitative estimate of drug-likeness (QED) is 0.847. The van der Waals surface area contributed by atoms with Crippen LogP contribution in [0.25, 0.3) is 0 Å². The summed E-state index contributed by atoms with van der Waals surface area (Å²) in [6.45, 7) is 2.48. The first-order chi connectivity index (χ1) is 9.69. The summed E-state index contributed by atoms with van der Waals surface area (Å²) in [5, 5.41) is 13.6. The van der Waals surface area contributed by atoms with Crippen molar-refractivity contribution in [3.63, 3.8) is 0 Å². The normalized spacial score (nSPS) is 23.2. The molecule has 20 heavy (non-hydrogen) atoms. The Labute approximate surface area is 126 Å².